The molecule has 0 saturated heterocycles. The molecule has 2 rings (SSSR count). The van der Waals surface area contributed by atoms with Gasteiger partial charge in [0.15, 0.2) is 0 Å². The maximum absolute atomic E-state index is 8.48. The summed E-state index contributed by atoms with van der Waals surface area (Å²) in [5, 5.41) is 8.48. The molecule has 17 heavy (non-hydrogen) atoms. The summed E-state index contributed by atoms with van der Waals surface area (Å²) < 4.78 is 5.90. The van der Waals surface area contributed by atoms with E-state index in [1.54, 1.807) is 0 Å². The number of hydrogen-bond donors (Lipinski definition) is 0. The number of nitrogens with zero attached hydrogens (tertiary/aromatic N) is 1. The van der Waals surface area contributed by atoms with Crippen LogP contribution in [0.1, 0.15) is 44.1 Å². The first-order chi connectivity index (χ1) is 8.38. The van der Waals surface area contributed by atoms with Crippen LogP contribution in [0.15, 0.2) is 24.3 Å². The van der Waals surface area contributed by atoms with Gasteiger partial charge in [-0.3, -0.25) is 0 Å². The van der Waals surface area contributed by atoms with Crippen LogP contribution in [0, 0.1) is 11.3 Å². The van der Waals surface area contributed by atoms with E-state index in [0.29, 0.717) is 12.5 Å². The second kappa shape index (κ2) is 6.30. The highest BCUT2D eigenvalue weighted by atomic mass is 16.5. The van der Waals surface area contributed by atoms with Gasteiger partial charge in [0, 0.05) is 6.42 Å². The second-order valence-corrected chi connectivity index (χ2v) is 4.68. The van der Waals surface area contributed by atoms with Gasteiger partial charge in [-0.15, -0.1) is 0 Å². The molecule has 0 N–H and O–H groups in total. The molecule has 0 atom stereocenters. The number of nitriles is 1. The summed E-state index contributed by atoms with van der Waals surface area (Å²) in [7, 11) is 0. The quantitative estimate of drug-likeness (QED) is 0.718. The molecule has 0 aromatic heterocycles. The molecule has 1 aliphatic rings. The van der Waals surface area contributed by atoms with E-state index < -0.39 is 0 Å². The molecule has 2 heteroatoms. The summed E-state index contributed by atoms with van der Waals surface area (Å²) in [6.07, 6.45) is 8.00. The van der Waals surface area contributed by atoms with Crippen molar-refractivity contribution in [2.24, 2.45) is 0 Å². The lowest BCUT2D eigenvalue weighted by Gasteiger charge is -2.13. The minimum atomic E-state index is 0.430. The number of aryl methyl sites for hydroxylation is 1. The number of ether oxygens (including phenoxy) is 1. The van der Waals surface area contributed by atoms with Gasteiger partial charge in [-0.1, -0.05) is 12.1 Å². The van der Waals surface area contributed by atoms with Gasteiger partial charge in [-0.05, 0) is 56.2 Å². The van der Waals surface area contributed by atoms with Gasteiger partial charge in [0.1, 0.15) is 5.75 Å². The van der Waals surface area contributed by atoms with Gasteiger partial charge in [0.2, 0.25) is 0 Å². The van der Waals surface area contributed by atoms with E-state index in [2.05, 4.69) is 30.3 Å². The number of rotatable bonds is 5. The summed E-state index contributed by atoms with van der Waals surface area (Å²) in [5.41, 5.74) is 1.29. The largest absolute Gasteiger partial charge is 0.490 e. The fraction of sp³-hybridized carbons (Fsp3) is 0.533. The van der Waals surface area contributed by atoms with Gasteiger partial charge < -0.3 is 4.74 Å². The van der Waals surface area contributed by atoms with Crippen LogP contribution >= 0.6 is 0 Å². The first kappa shape index (κ1) is 12.0. The highest BCUT2D eigenvalue weighted by Gasteiger charge is 2.16. The SMILES string of the molecule is N#CCCCc1ccc(OC2CCCC2)cc1. The zero-order valence-corrected chi connectivity index (χ0v) is 10.2. The normalized spacial score (nSPS) is 15.7. The maximum atomic E-state index is 8.48. The molecule has 1 aromatic rings. The Morgan fingerprint density at radius 1 is 1.18 bits per heavy atom. The van der Waals surface area contributed by atoms with E-state index in [-0.39, 0.29) is 0 Å². The third-order valence-corrected chi connectivity index (χ3v) is 3.28. The number of benzene rings is 1. The molecule has 1 saturated carbocycles. The molecule has 0 amide bonds. The molecule has 1 aliphatic carbocycles. The Kier molecular flexibility index (Phi) is 4.44. The molecule has 0 bridgehead atoms. The lowest BCUT2D eigenvalue weighted by molar-refractivity contribution is 0.210. The third-order valence-electron chi connectivity index (χ3n) is 3.28. The third kappa shape index (κ3) is 3.78. The first-order valence-corrected chi connectivity index (χ1v) is 6.51. The molecule has 90 valence electrons. The fourth-order valence-corrected chi connectivity index (χ4v) is 2.30. The molecule has 0 radical (unpaired) electrons. The van der Waals surface area contributed by atoms with Crippen molar-refractivity contribution in [1.29, 1.82) is 5.26 Å². The Bertz CT molecular complexity index is 371. The highest BCUT2D eigenvalue weighted by molar-refractivity contribution is 5.27. The lowest BCUT2D eigenvalue weighted by Crippen LogP contribution is -2.10. The van der Waals surface area contributed by atoms with Crippen molar-refractivity contribution in [2.45, 2.75) is 51.0 Å². The van der Waals surface area contributed by atoms with E-state index in [4.69, 9.17) is 10.00 Å². The molecule has 0 aliphatic heterocycles. The lowest BCUT2D eigenvalue weighted by atomic mass is 10.1. The molecular weight excluding hydrogens is 210 g/mol. The summed E-state index contributed by atoms with van der Waals surface area (Å²) in [6.45, 7) is 0. The highest BCUT2D eigenvalue weighted by Crippen LogP contribution is 2.24. The van der Waals surface area contributed by atoms with Crippen LogP contribution in [0.4, 0.5) is 0 Å². The fourth-order valence-electron chi connectivity index (χ4n) is 2.30. The van der Waals surface area contributed by atoms with Crippen LogP contribution in [0.3, 0.4) is 0 Å². The van der Waals surface area contributed by atoms with Crippen molar-refractivity contribution in [3.63, 3.8) is 0 Å². The predicted molar refractivity (Wildman–Crippen MR) is 67.9 cm³/mol. The van der Waals surface area contributed by atoms with E-state index in [1.807, 2.05) is 0 Å². The van der Waals surface area contributed by atoms with Crippen molar-refractivity contribution >= 4 is 0 Å². The predicted octanol–water partition coefficient (Wildman–Crippen LogP) is 3.85. The van der Waals surface area contributed by atoms with E-state index in [0.717, 1.165) is 18.6 Å². The Balaban J connectivity index is 1.82. The zero-order chi connectivity index (χ0) is 11.9. The van der Waals surface area contributed by atoms with Crippen molar-refractivity contribution in [3.8, 4) is 11.8 Å². The average molecular weight is 229 g/mol. The Morgan fingerprint density at radius 3 is 2.53 bits per heavy atom. The van der Waals surface area contributed by atoms with Gasteiger partial charge >= 0.3 is 0 Å². The second-order valence-electron chi connectivity index (χ2n) is 4.68. The first-order valence-electron chi connectivity index (χ1n) is 6.51. The zero-order valence-electron chi connectivity index (χ0n) is 10.2. The molecule has 0 unspecified atom stereocenters. The maximum Gasteiger partial charge on any atom is 0.119 e. The molecule has 0 spiro atoms. The van der Waals surface area contributed by atoms with Gasteiger partial charge in [0.25, 0.3) is 0 Å². The van der Waals surface area contributed by atoms with Crippen molar-refractivity contribution in [3.05, 3.63) is 29.8 Å². The minimum absolute atomic E-state index is 0.430. The van der Waals surface area contributed by atoms with Crippen molar-refractivity contribution in [2.75, 3.05) is 0 Å². The summed E-state index contributed by atoms with van der Waals surface area (Å²) in [6, 6.07) is 10.5. The molecular formula is C15H19NO. The number of unbranched alkanes of at least 4 members (excludes halogenated alkanes) is 1. The van der Waals surface area contributed by atoms with Crippen LogP contribution in [0.25, 0.3) is 0 Å². The Morgan fingerprint density at radius 2 is 1.88 bits per heavy atom. The minimum Gasteiger partial charge on any atom is -0.490 e. The van der Waals surface area contributed by atoms with E-state index in [1.165, 1.54) is 31.2 Å². The van der Waals surface area contributed by atoms with Crippen LogP contribution in [0.5, 0.6) is 5.75 Å². The Labute approximate surface area is 103 Å². The molecule has 2 nitrogen and oxygen atoms in total. The summed E-state index contributed by atoms with van der Waals surface area (Å²) in [5.74, 6) is 0.987. The van der Waals surface area contributed by atoms with Crippen LogP contribution < -0.4 is 4.74 Å². The topological polar surface area (TPSA) is 33.0 Å². The van der Waals surface area contributed by atoms with E-state index >= 15 is 0 Å². The van der Waals surface area contributed by atoms with Crippen LogP contribution in [-0.4, -0.2) is 6.10 Å². The van der Waals surface area contributed by atoms with Crippen LogP contribution in [-0.2, 0) is 6.42 Å². The monoisotopic (exact) mass is 229 g/mol. The summed E-state index contributed by atoms with van der Waals surface area (Å²) in [4.78, 5) is 0. The van der Waals surface area contributed by atoms with Gasteiger partial charge in [-0.2, -0.15) is 5.26 Å². The number of hydrogen-bond acceptors (Lipinski definition) is 2. The van der Waals surface area contributed by atoms with E-state index in [9.17, 15) is 0 Å². The average Bonchev–Trinajstić information content (AvgIpc) is 2.85. The standard InChI is InChI=1S/C15H19NO/c16-12-4-3-5-13-8-10-15(11-9-13)17-14-6-1-2-7-14/h8-11,14H,1-7H2. The smallest absolute Gasteiger partial charge is 0.119 e. The van der Waals surface area contributed by atoms with Crippen LogP contribution in [0.2, 0.25) is 0 Å². The molecule has 0 heterocycles. The van der Waals surface area contributed by atoms with Crippen molar-refractivity contribution in [1.82, 2.24) is 0 Å². The molecule has 1 aromatic carbocycles. The summed E-state index contributed by atoms with van der Waals surface area (Å²) >= 11 is 0. The van der Waals surface area contributed by atoms with Gasteiger partial charge in [0.05, 0.1) is 12.2 Å². The van der Waals surface area contributed by atoms with Gasteiger partial charge in [-0.25, -0.2) is 0 Å². The Hall–Kier alpha value is -1.49. The molecule has 1 fully saturated rings. The van der Waals surface area contributed by atoms with Crippen molar-refractivity contribution < 1.29 is 4.74 Å².